The molecule has 1 fully saturated rings. The van der Waals surface area contributed by atoms with Gasteiger partial charge in [-0.15, -0.1) is 0 Å². The minimum absolute atomic E-state index is 0.673. The molecule has 3 nitrogen and oxygen atoms in total. The van der Waals surface area contributed by atoms with Crippen molar-refractivity contribution in [3.8, 4) is 0 Å². The minimum Gasteiger partial charge on any atom is -0.396 e. The van der Waals surface area contributed by atoms with E-state index in [4.69, 9.17) is 16.4 Å². The van der Waals surface area contributed by atoms with Crippen LogP contribution < -0.4 is 0 Å². The van der Waals surface area contributed by atoms with Crippen molar-refractivity contribution in [3.05, 3.63) is 70.7 Å². The molecule has 0 unspecified atom stereocenters. The summed E-state index contributed by atoms with van der Waals surface area (Å²) in [5.74, 6) is 0. The molecule has 0 N–H and O–H groups in total. The van der Waals surface area contributed by atoms with Crippen molar-refractivity contribution in [2.24, 2.45) is 5.16 Å². The second kappa shape index (κ2) is 11.9. The van der Waals surface area contributed by atoms with Gasteiger partial charge in [0.25, 0.3) is 0 Å². The number of aryl methyl sites for hydroxylation is 1. The average Bonchev–Trinajstić information content (AvgIpc) is 2.74. The Morgan fingerprint density at radius 3 is 2.43 bits per heavy atom. The first kappa shape index (κ1) is 20.9. The summed E-state index contributed by atoms with van der Waals surface area (Å²) in [7, 11) is 0. The Morgan fingerprint density at radius 1 is 0.929 bits per heavy atom. The Kier molecular flexibility index (Phi) is 8.86. The Morgan fingerprint density at radius 2 is 1.68 bits per heavy atom. The summed E-state index contributed by atoms with van der Waals surface area (Å²) < 4.78 is 0. The molecule has 4 heteroatoms. The molecule has 1 aliphatic rings. The molecule has 2 aromatic rings. The molecule has 0 aromatic heterocycles. The van der Waals surface area contributed by atoms with Gasteiger partial charge in [-0.25, -0.2) is 0 Å². The van der Waals surface area contributed by atoms with E-state index in [0.717, 1.165) is 48.5 Å². The number of piperidine rings is 1. The van der Waals surface area contributed by atoms with E-state index in [1.807, 2.05) is 24.3 Å². The molecule has 0 aliphatic carbocycles. The van der Waals surface area contributed by atoms with Gasteiger partial charge in [-0.3, -0.25) is 0 Å². The molecule has 1 aliphatic heterocycles. The van der Waals surface area contributed by atoms with Crippen LogP contribution in [0.5, 0.6) is 0 Å². The van der Waals surface area contributed by atoms with Crippen LogP contribution in [0.2, 0.25) is 5.02 Å². The predicted molar refractivity (Wildman–Crippen MR) is 118 cm³/mol. The number of hydrogen-bond donors (Lipinski definition) is 0. The molecule has 1 saturated heterocycles. The predicted octanol–water partition coefficient (Wildman–Crippen LogP) is 5.96. The summed E-state index contributed by atoms with van der Waals surface area (Å²) in [6.07, 6.45) is 8.06. The Labute approximate surface area is 174 Å². The third kappa shape index (κ3) is 7.29. The zero-order chi connectivity index (χ0) is 19.4. The second-order valence-corrected chi connectivity index (χ2v) is 7.91. The van der Waals surface area contributed by atoms with Crippen LogP contribution in [0.25, 0.3) is 0 Å². The fraction of sp³-hybridized carbons (Fsp3) is 0.458. The van der Waals surface area contributed by atoms with Gasteiger partial charge in [-0.2, -0.15) is 0 Å². The molecule has 1 heterocycles. The van der Waals surface area contributed by atoms with Crippen molar-refractivity contribution in [1.82, 2.24) is 4.90 Å². The molecule has 2 aromatic carbocycles. The standard InChI is InChI=1S/C24H31ClN2O/c25-23-15-13-22(14-16-23)24(12-7-11-21-9-3-1-4-10-21)26-28-20-8-19-27-17-5-2-6-18-27/h1,3-4,9-10,13-16H,2,5-8,11-12,17-20H2. The first-order chi connectivity index (χ1) is 13.8. The van der Waals surface area contributed by atoms with E-state index in [0.29, 0.717) is 6.61 Å². The number of halogens is 1. The molecule has 3 rings (SSSR count). The second-order valence-electron chi connectivity index (χ2n) is 7.47. The highest BCUT2D eigenvalue weighted by Crippen LogP contribution is 2.15. The van der Waals surface area contributed by atoms with E-state index in [-0.39, 0.29) is 0 Å². The van der Waals surface area contributed by atoms with Gasteiger partial charge >= 0.3 is 0 Å². The van der Waals surface area contributed by atoms with E-state index in [2.05, 4.69) is 40.4 Å². The molecular weight excluding hydrogens is 368 g/mol. The topological polar surface area (TPSA) is 24.8 Å². The molecule has 28 heavy (non-hydrogen) atoms. The highest BCUT2D eigenvalue weighted by atomic mass is 35.5. The monoisotopic (exact) mass is 398 g/mol. The average molecular weight is 399 g/mol. The lowest BCUT2D eigenvalue weighted by Gasteiger charge is -2.25. The van der Waals surface area contributed by atoms with Crippen LogP contribution in [-0.2, 0) is 11.3 Å². The summed E-state index contributed by atoms with van der Waals surface area (Å²) in [5.41, 5.74) is 3.46. The van der Waals surface area contributed by atoms with Crippen LogP contribution in [-0.4, -0.2) is 36.9 Å². The lowest BCUT2D eigenvalue weighted by atomic mass is 10.0. The van der Waals surface area contributed by atoms with Gasteiger partial charge in [0.1, 0.15) is 6.61 Å². The first-order valence-corrected chi connectivity index (χ1v) is 10.9. The molecule has 0 atom stereocenters. The summed E-state index contributed by atoms with van der Waals surface area (Å²) in [6, 6.07) is 18.5. The van der Waals surface area contributed by atoms with E-state index >= 15 is 0 Å². The normalized spacial score (nSPS) is 15.5. The molecule has 0 bridgehead atoms. The van der Waals surface area contributed by atoms with Crippen LogP contribution in [0.15, 0.2) is 59.8 Å². The van der Waals surface area contributed by atoms with Crippen molar-refractivity contribution in [2.75, 3.05) is 26.2 Å². The summed E-state index contributed by atoms with van der Waals surface area (Å²) in [5, 5.41) is 5.24. The molecule has 0 radical (unpaired) electrons. The van der Waals surface area contributed by atoms with Gasteiger partial charge in [0.2, 0.25) is 0 Å². The molecule has 0 spiro atoms. The zero-order valence-corrected chi connectivity index (χ0v) is 17.4. The summed E-state index contributed by atoms with van der Waals surface area (Å²) >= 11 is 6.04. The Hall–Kier alpha value is -1.84. The van der Waals surface area contributed by atoms with Gasteiger partial charge in [0, 0.05) is 11.6 Å². The van der Waals surface area contributed by atoms with Crippen molar-refractivity contribution in [1.29, 1.82) is 0 Å². The zero-order valence-electron chi connectivity index (χ0n) is 16.7. The van der Waals surface area contributed by atoms with Gasteiger partial charge in [-0.1, -0.05) is 65.6 Å². The summed E-state index contributed by atoms with van der Waals surface area (Å²) in [6.45, 7) is 4.25. The van der Waals surface area contributed by atoms with Crippen molar-refractivity contribution in [2.45, 2.75) is 44.9 Å². The quantitative estimate of drug-likeness (QED) is 0.280. The number of oxime groups is 1. The number of benzene rings is 2. The number of hydrogen-bond acceptors (Lipinski definition) is 3. The third-order valence-corrected chi connectivity index (χ3v) is 5.48. The van der Waals surface area contributed by atoms with Crippen molar-refractivity contribution >= 4 is 17.3 Å². The SMILES string of the molecule is Clc1ccc(C(CCCc2ccccc2)=NOCCCN2CCCCC2)cc1. The fourth-order valence-electron chi connectivity index (χ4n) is 3.65. The fourth-order valence-corrected chi connectivity index (χ4v) is 3.77. The van der Waals surface area contributed by atoms with Gasteiger partial charge in [0.15, 0.2) is 0 Å². The van der Waals surface area contributed by atoms with Crippen LogP contribution in [0.1, 0.15) is 49.7 Å². The van der Waals surface area contributed by atoms with E-state index < -0.39 is 0 Å². The maximum atomic E-state index is 6.04. The largest absolute Gasteiger partial charge is 0.396 e. The highest BCUT2D eigenvalue weighted by Gasteiger charge is 2.09. The van der Waals surface area contributed by atoms with Crippen LogP contribution in [0, 0.1) is 0 Å². The van der Waals surface area contributed by atoms with Crippen molar-refractivity contribution in [3.63, 3.8) is 0 Å². The smallest absolute Gasteiger partial charge is 0.118 e. The van der Waals surface area contributed by atoms with Gasteiger partial charge in [0.05, 0.1) is 5.71 Å². The number of rotatable bonds is 10. The maximum absolute atomic E-state index is 6.04. The number of likely N-dealkylation sites (tertiary alicyclic amines) is 1. The molecular formula is C24H31ClN2O. The van der Waals surface area contributed by atoms with Crippen molar-refractivity contribution < 1.29 is 4.84 Å². The van der Waals surface area contributed by atoms with E-state index in [9.17, 15) is 0 Å². The minimum atomic E-state index is 0.673. The highest BCUT2D eigenvalue weighted by molar-refractivity contribution is 6.30. The van der Waals surface area contributed by atoms with E-state index in [1.54, 1.807) is 0 Å². The summed E-state index contributed by atoms with van der Waals surface area (Å²) in [4.78, 5) is 8.24. The van der Waals surface area contributed by atoms with E-state index in [1.165, 1.54) is 37.9 Å². The third-order valence-electron chi connectivity index (χ3n) is 5.23. The molecule has 0 amide bonds. The Bertz CT molecular complexity index is 709. The lowest BCUT2D eigenvalue weighted by molar-refractivity contribution is 0.124. The molecule has 0 saturated carbocycles. The molecule has 150 valence electrons. The maximum Gasteiger partial charge on any atom is 0.118 e. The van der Waals surface area contributed by atoms with Crippen LogP contribution >= 0.6 is 11.6 Å². The number of nitrogens with zero attached hydrogens (tertiary/aromatic N) is 2. The van der Waals surface area contributed by atoms with Crippen LogP contribution in [0.4, 0.5) is 0 Å². The van der Waals surface area contributed by atoms with Crippen LogP contribution in [0.3, 0.4) is 0 Å². The first-order valence-electron chi connectivity index (χ1n) is 10.5. The van der Waals surface area contributed by atoms with Gasteiger partial charge < -0.3 is 9.74 Å². The lowest BCUT2D eigenvalue weighted by Crippen LogP contribution is -2.31. The Balaban J connectivity index is 1.49. The van der Waals surface area contributed by atoms with Gasteiger partial charge in [-0.05, 0) is 74.9 Å².